The number of ether oxygens (including phenoxy) is 2. The van der Waals surface area contributed by atoms with E-state index in [1.165, 1.54) is 12.1 Å². The molecule has 1 aliphatic rings. The zero-order valence-electron chi connectivity index (χ0n) is 16.8. The van der Waals surface area contributed by atoms with Crippen molar-refractivity contribution in [3.63, 3.8) is 0 Å². The molecule has 1 aromatic rings. The van der Waals surface area contributed by atoms with E-state index >= 15 is 0 Å². The predicted molar refractivity (Wildman–Crippen MR) is 111 cm³/mol. The standard InChI is InChI=1S/C20H30FN3O4.ClH/c1-27-10-11-28-14-16-12-15(5-6-18(16)21)20(26)24-9-3-2-4-17(24)13-23-19(25)7-8-22;/h5-6,12,17H,2-4,7-11,13-14,22H2,1H3,(H,23,25);1H. The zero-order chi connectivity index (χ0) is 20.4. The van der Waals surface area contributed by atoms with E-state index in [9.17, 15) is 14.0 Å². The van der Waals surface area contributed by atoms with Crippen molar-refractivity contribution < 1.29 is 23.5 Å². The molecule has 0 aromatic heterocycles. The second-order valence-electron chi connectivity index (χ2n) is 6.84. The average Bonchev–Trinajstić information content (AvgIpc) is 2.71. The van der Waals surface area contributed by atoms with Crippen molar-refractivity contribution in [3.8, 4) is 0 Å². The molecule has 1 heterocycles. The summed E-state index contributed by atoms with van der Waals surface area (Å²) in [5.74, 6) is -0.674. The largest absolute Gasteiger partial charge is 0.382 e. The van der Waals surface area contributed by atoms with E-state index in [-0.39, 0.29) is 43.3 Å². The van der Waals surface area contributed by atoms with Crippen molar-refractivity contribution in [1.29, 1.82) is 0 Å². The summed E-state index contributed by atoms with van der Waals surface area (Å²) in [5.41, 5.74) is 6.16. The van der Waals surface area contributed by atoms with Crippen LogP contribution in [0.4, 0.5) is 4.39 Å². The van der Waals surface area contributed by atoms with Crippen LogP contribution >= 0.6 is 12.4 Å². The minimum absolute atomic E-state index is 0. The van der Waals surface area contributed by atoms with Crippen LogP contribution in [-0.4, -0.2) is 62.7 Å². The molecular weight excluding hydrogens is 401 g/mol. The Labute approximate surface area is 177 Å². The molecule has 0 spiro atoms. The maximum atomic E-state index is 14.0. The van der Waals surface area contributed by atoms with E-state index < -0.39 is 5.82 Å². The number of hydrogen-bond donors (Lipinski definition) is 2. The van der Waals surface area contributed by atoms with Gasteiger partial charge in [0.2, 0.25) is 5.91 Å². The monoisotopic (exact) mass is 431 g/mol. The quantitative estimate of drug-likeness (QED) is 0.551. The van der Waals surface area contributed by atoms with Gasteiger partial charge >= 0.3 is 0 Å². The Bertz CT molecular complexity index is 663. The SMILES string of the molecule is COCCOCc1cc(C(=O)N2CCCCC2CNC(=O)CCN)ccc1F.Cl. The van der Waals surface area contributed by atoms with Crippen LogP contribution in [0.15, 0.2) is 18.2 Å². The van der Waals surface area contributed by atoms with Gasteiger partial charge in [0.1, 0.15) is 5.82 Å². The number of halogens is 2. The highest BCUT2D eigenvalue weighted by atomic mass is 35.5. The lowest BCUT2D eigenvalue weighted by Gasteiger charge is -2.36. The smallest absolute Gasteiger partial charge is 0.254 e. The lowest BCUT2D eigenvalue weighted by Crippen LogP contribution is -2.49. The number of nitrogens with two attached hydrogens (primary N) is 1. The zero-order valence-corrected chi connectivity index (χ0v) is 17.6. The topological polar surface area (TPSA) is 93.9 Å². The molecular formula is C20H31ClFN3O4. The summed E-state index contributed by atoms with van der Waals surface area (Å²) in [5, 5.41) is 2.85. The van der Waals surface area contributed by atoms with Crippen LogP contribution in [0, 0.1) is 5.82 Å². The van der Waals surface area contributed by atoms with Gasteiger partial charge in [-0.1, -0.05) is 0 Å². The number of likely N-dealkylation sites (tertiary alicyclic amines) is 1. The molecule has 0 bridgehead atoms. The second-order valence-corrected chi connectivity index (χ2v) is 6.84. The number of amides is 2. The number of nitrogens with one attached hydrogen (secondary N) is 1. The average molecular weight is 432 g/mol. The lowest BCUT2D eigenvalue weighted by atomic mass is 10.00. The number of rotatable bonds is 10. The molecule has 0 aliphatic carbocycles. The van der Waals surface area contributed by atoms with Crippen molar-refractivity contribution in [2.24, 2.45) is 5.73 Å². The Kier molecular flexibility index (Phi) is 11.8. The number of methoxy groups -OCH3 is 1. The fourth-order valence-corrected chi connectivity index (χ4v) is 3.24. The number of nitrogens with zero attached hydrogens (tertiary/aromatic N) is 1. The maximum Gasteiger partial charge on any atom is 0.254 e. The van der Waals surface area contributed by atoms with E-state index in [2.05, 4.69) is 5.32 Å². The molecule has 0 radical (unpaired) electrons. The predicted octanol–water partition coefficient (Wildman–Crippen LogP) is 1.87. The highest BCUT2D eigenvalue weighted by molar-refractivity contribution is 5.94. The highest BCUT2D eigenvalue weighted by Gasteiger charge is 2.28. The van der Waals surface area contributed by atoms with Crippen molar-refractivity contribution >= 4 is 24.2 Å². The van der Waals surface area contributed by atoms with Gasteiger partial charge in [-0.15, -0.1) is 12.4 Å². The molecule has 29 heavy (non-hydrogen) atoms. The van der Waals surface area contributed by atoms with Crippen LogP contribution in [0.2, 0.25) is 0 Å². The molecule has 7 nitrogen and oxygen atoms in total. The molecule has 1 aliphatic heterocycles. The van der Waals surface area contributed by atoms with Gasteiger partial charge < -0.3 is 25.4 Å². The summed E-state index contributed by atoms with van der Waals surface area (Å²) in [4.78, 5) is 26.5. The summed E-state index contributed by atoms with van der Waals surface area (Å²) >= 11 is 0. The molecule has 1 atom stereocenters. The normalized spacial score (nSPS) is 16.2. The van der Waals surface area contributed by atoms with Crippen molar-refractivity contribution in [1.82, 2.24) is 10.2 Å². The number of piperidine rings is 1. The van der Waals surface area contributed by atoms with Gasteiger partial charge in [0.05, 0.1) is 19.8 Å². The molecule has 2 amide bonds. The minimum atomic E-state index is -0.404. The number of carbonyl (C=O) groups is 2. The van der Waals surface area contributed by atoms with Crippen LogP contribution in [0.5, 0.6) is 0 Å². The van der Waals surface area contributed by atoms with Gasteiger partial charge in [-0.3, -0.25) is 9.59 Å². The van der Waals surface area contributed by atoms with Gasteiger partial charge in [-0.2, -0.15) is 0 Å². The fourth-order valence-electron chi connectivity index (χ4n) is 3.24. The summed E-state index contributed by atoms with van der Waals surface area (Å²) < 4.78 is 24.3. The molecule has 3 N–H and O–H groups in total. The van der Waals surface area contributed by atoms with E-state index in [0.29, 0.717) is 44.0 Å². The van der Waals surface area contributed by atoms with E-state index in [4.69, 9.17) is 15.2 Å². The third-order valence-electron chi connectivity index (χ3n) is 4.78. The molecule has 2 rings (SSSR count). The van der Waals surface area contributed by atoms with Gasteiger partial charge in [-0.05, 0) is 37.5 Å². The first-order chi connectivity index (χ1) is 13.6. The molecule has 164 valence electrons. The molecule has 1 aromatic carbocycles. The molecule has 1 unspecified atom stereocenters. The van der Waals surface area contributed by atoms with Crippen molar-refractivity contribution in [3.05, 3.63) is 35.1 Å². The van der Waals surface area contributed by atoms with E-state index in [1.54, 1.807) is 18.1 Å². The number of hydrogen-bond acceptors (Lipinski definition) is 5. The second kappa shape index (κ2) is 13.5. The third-order valence-corrected chi connectivity index (χ3v) is 4.78. The Hall–Kier alpha value is -1.74. The first-order valence-corrected chi connectivity index (χ1v) is 9.69. The molecule has 9 heteroatoms. The third kappa shape index (κ3) is 7.89. The molecule has 0 saturated carbocycles. The summed E-state index contributed by atoms with van der Waals surface area (Å²) in [6.07, 6.45) is 3.00. The summed E-state index contributed by atoms with van der Waals surface area (Å²) in [6, 6.07) is 4.26. The van der Waals surface area contributed by atoms with Crippen molar-refractivity contribution in [2.45, 2.75) is 38.3 Å². The van der Waals surface area contributed by atoms with E-state index in [1.807, 2.05) is 0 Å². The van der Waals surface area contributed by atoms with Gasteiger partial charge in [0, 0.05) is 50.3 Å². The van der Waals surface area contributed by atoms with Crippen LogP contribution in [0.1, 0.15) is 41.6 Å². The molecule has 1 saturated heterocycles. The van der Waals surface area contributed by atoms with Crippen molar-refractivity contribution in [2.75, 3.05) is 40.0 Å². The van der Waals surface area contributed by atoms with E-state index in [0.717, 1.165) is 19.3 Å². The Morgan fingerprint density at radius 1 is 1.31 bits per heavy atom. The van der Waals surface area contributed by atoms with Crippen LogP contribution in [-0.2, 0) is 20.9 Å². The van der Waals surface area contributed by atoms with Crippen LogP contribution < -0.4 is 11.1 Å². The Morgan fingerprint density at radius 3 is 2.83 bits per heavy atom. The fraction of sp³-hybridized carbons (Fsp3) is 0.600. The van der Waals surface area contributed by atoms with Crippen LogP contribution in [0.3, 0.4) is 0 Å². The van der Waals surface area contributed by atoms with Gasteiger partial charge in [-0.25, -0.2) is 4.39 Å². The molecule has 1 fully saturated rings. The van der Waals surface area contributed by atoms with Crippen LogP contribution in [0.25, 0.3) is 0 Å². The van der Waals surface area contributed by atoms with Gasteiger partial charge in [0.15, 0.2) is 0 Å². The first-order valence-electron chi connectivity index (χ1n) is 9.69. The lowest BCUT2D eigenvalue weighted by molar-refractivity contribution is -0.121. The maximum absolute atomic E-state index is 14.0. The number of benzene rings is 1. The van der Waals surface area contributed by atoms with Gasteiger partial charge in [0.25, 0.3) is 5.91 Å². The minimum Gasteiger partial charge on any atom is -0.382 e. The Balaban J connectivity index is 0.00000420. The summed E-state index contributed by atoms with van der Waals surface area (Å²) in [7, 11) is 1.57. The summed E-state index contributed by atoms with van der Waals surface area (Å²) in [6.45, 7) is 2.17. The first kappa shape index (κ1) is 25.3. The highest BCUT2D eigenvalue weighted by Crippen LogP contribution is 2.21. The Morgan fingerprint density at radius 2 is 2.10 bits per heavy atom. The number of carbonyl (C=O) groups excluding carboxylic acids is 2.